The lowest BCUT2D eigenvalue weighted by Gasteiger charge is -2.43. The van der Waals surface area contributed by atoms with Gasteiger partial charge >= 0.3 is 12.0 Å². The van der Waals surface area contributed by atoms with Gasteiger partial charge in [0.2, 0.25) is 5.71 Å². The van der Waals surface area contributed by atoms with Crippen LogP contribution >= 0.6 is 0 Å². The van der Waals surface area contributed by atoms with E-state index in [0.717, 1.165) is 64.0 Å². The van der Waals surface area contributed by atoms with Gasteiger partial charge in [0.25, 0.3) is 5.71 Å². The van der Waals surface area contributed by atoms with Crippen molar-refractivity contribution in [1.82, 2.24) is 29.7 Å². The monoisotopic (exact) mass is 627 g/mol. The van der Waals surface area contributed by atoms with E-state index in [2.05, 4.69) is 31.9 Å². The van der Waals surface area contributed by atoms with E-state index in [-0.39, 0.29) is 6.04 Å². The number of nitrogens with two attached hydrogens (primary N) is 2. The molecule has 0 amide bonds. The van der Waals surface area contributed by atoms with Crippen LogP contribution in [-0.4, -0.2) is 81.2 Å². The van der Waals surface area contributed by atoms with Crippen molar-refractivity contribution in [1.29, 1.82) is 0 Å². The molecule has 0 unspecified atom stereocenters. The van der Waals surface area contributed by atoms with Crippen molar-refractivity contribution in [3.8, 4) is 11.5 Å². The van der Waals surface area contributed by atoms with Crippen LogP contribution in [0, 0.1) is 0 Å². The maximum atomic E-state index is 6.29. The maximum Gasteiger partial charge on any atom is 0.308 e. The van der Waals surface area contributed by atoms with Crippen LogP contribution in [0.1, 0.15) is 45.1 Å². The molecule has 4 N–H and O–H groups in total. The molecular formula is C33H41N9O4. The number of benzene rings is 1. The quantitative estimate of drug-likeness (QED) is 0.200. The Morgan fingerprint density at radius 2 is 1.48 bits per heavy atom. The van der Waals surface area contributed by atoms with Gasteiger partial charge in [-0.2, -0.15) is 15.0 Å². The van der Waals surface area contributed by atoms with Gasteiger partial charge in [0.05, 0.1) is 13.2 Å². The number of ether oxygens (including phenoxy) is 2. The molecule has 0 aliphatic carbocycles. The van der Waals surface area contributed by atoms with Gasteiger partial charge in [-0.05, 0) is 94.6 Å². The summed E-state index contributed by atoms with van der Waals surface area (Å²) in [6.07, 6.45) is 5.76. The molecule has 2 aliphatic heterocycles. The Labute approximate surface area is 267 Å². The number of piperidine rings is 2. The van der Waals surface area contributed by atoms with Crippen molar-refractivity contribution < 1.29 is 18.3 Å². The lowest BCUT2D eigenvalue weighted by atomic mass is 9.97. The zero-order valence-electron chi connectivity index (χ0n) is 26.4. The Hall–Kier alpha value is -4.62. The molecule has 0 spiro atoms. The predicted octanol–water partition coefficient (Wildman–Crippen LogP) is 4.99. The summed E-state index contributed by atoms with van der Waals surface area (Å²) in [5.41, 5.74) is 16.1. The highest BCUT2D eigenvalue weighted by molar-refractivity contribution is 5.75. The van der Waals surface area contributed by atoms with Gasteiger partial charge in [-0.25, -0.2) is 9.88 Å². The summed E-state index contributed by atoms with van der Waals surface area (Å²) in [5.74, 6) is 1.77. The Bertz CT molecular complexity index is 1730. The second kappa shape index (κ2) is 13.0. The second-order valence-corrected chi connectivity index (χ2v) is 11.9. The number of nitrogen functional groups attached to an aromatic ring is 2. The third-order valence-electron chi connectivity index (χ3n) is 8.94. The van der Waals surface area contributed by atoms with Crippen LogP contribution in [0.25, 0.3) is 22.5 Å². The smallest absolute Gasteiger partial charge is 0.308 e. The Morgan fingerprint density at radius 3 is 2.13 bits per heavy atom. The van der Waals surface area contributed by atoms with Crippen LogP contribution in [0.5, 0.6) is 11.5 Å². The molecule has 2 aliphatic rings. The normalized spacial score (nSPS) is 17.2. The van der Waals surface area contributed by atoms with Crippen molar-refractivity contribution in [2.75, 3.05) is 55.8 Å². The molecule has 46 heavy (non-hydrogen) atoms. The summed E-state index contributed by atoms with van der Waals surface area (Å²) in [4.78, 5) is 25.3. The number of rotatable bonds is 10. The van der Waals surface area contributed by atoms with Gasteiger partial charge in [-0.1, -0.05) is 0 Å². The standard InChI is InChI=1S/C33H41N9O4/c1-3-43-26-18-21(19-27(29(26)35)44-4-2)20-40-14-9-22(10-15-40)41-16-11-23(12-17-41)42(32-37-24-6-5-13-36-30(24)45-32)33-38-25-7-8-28(34)39-31(25)46-33/h5-8,13,18-19,22-23H,3-4,9-12,14-17,20,35H2,1-2H3,(H2,34,39). The predicted molar refractivity (Wildman–Crippen MR) is 176 cm³/mol. The highest BCUT2D eigenvalue weighted by atomic mass is 16.5. The first kappa shape index (κ1) is 30.1. The molecule has 242 valence electrons. The first-order valence-corrected chi connectivity index (χ1v) is 16.2. The van der Waals surface area contributed by atoms with Crippen LogP contribution in [0.4, 0.5) is 23.5 Å². The van der Waals surface area contributed by atoms with Gasteiger partial charge in [-0.15, -0.1) is 0 Å². The van der Waals surface area contributed by atoms with Crippen molar-refractivity contribution >= 4 is 46.0 Å². The third-order valence-corrected chi connectivity index (χ3v) is 8.94. The summed E-state index contributed by atoms with van der Waals surface area (Å²) >= 11 is 0. The van der Waals surface area contributed by atoms with Gasteiger partial charge < -0.3 is 34.7 Å². The summed E-state index contributed by atoms with van der Waals surface area (Å²) in [5, 5.41) is 0. The molecule has 0 bridgehead atoms. The van der Waals surface area contributed by atoms with Gasteiger partial charge in [-0.3, -0.25) is 4.90 Å². The van der Waals surface area contributed by atoms with E-state index in [1.807, 2.05) is 36.9 Å². The fourth-order valence-electron chi connectivity index (χ4n) is 6.69. The molecule has 0 saturated carbocycles. The Balaban J connectivity index is 1.01. The molecule has 2 saturated heterocycles. The fourth-order valence-corrected chi connectivity index (χ4v) is 6.69. The number of likely N-dealkylation sites (tertiary alicyclic amines) is 2. The van der Waals surface area contributed by atoms with Crippen molar-refractivity contribution in [2.45, 2.75) is 58.2 Å². The Kier molecular flexibility index (Phi) is 8.50. The van der Waals surface area contributed by atoms with Crippen LogP contribution in [0.15, 0.2) is 51.4 Å². The topological polar surface area (TPSA) is 158 Å². The molecule has 0 atom stereocenters. The van der Waals surface area contributed by atoms with Crippen LogP contribution in [-0.2, 0) is 6.54 Å². The van der Waals surface area contributed by atoms with Crippen molar-refractivity contribution in [3.63, 3.8) is 0 Å². The van der Waals surface area contributed by atoms with E-state index in [9.17, 15) is 0 Å². The molecule has 13 nitrogen and oxygen atoms in total. The van der Waals surface area contributed by atoms with Gasteiger partial charge in [0.15, 0.2) is 0 Å². The minimum Gasteiger partial charge on any atom is -0.492 e. The lowest BCUT2D eigenvalue weighted by Crippen LogP contribution is -2.50. The zero-order valence-corrected chi connectivity index (χ0v) is 26.4. The van der Waals surface area contributed by atoms with Crippen LogP contribution < -0.4 is 25.8 Å². The molecule has 13 heteroatoms. The number of hydrogen-bond donors (Lipinski definition) is 2. The van der Waals surface area contributed by atoms with Gasteiger partial charge in [0, 0.05) is 37.9 Å². The average molecular weight is 628 g/mol. The number of oxazole rings is 2. The summed E-state index contributed by atoms with van der Waals surface area (Å²) < 4.78 is 23.9. The molecule has 4 aromatic heterocycles. The summed E-state index contributed by atoms with van der Waals surface area (Å²) in [7, 11) is 0. The third kappa shape index (κ3) is 6.12. The first-order valence-electron chi connectivity index (χ1n) is 16.2. The summed E-state index contributed by atoms with van der Waals surface area (Å²) in [6, 6.07) is 12.8. The van der Waals surface area contributed by atoms with Crippen LogP contribution in [0.2, 0.25) is 0 Å². The molecule has 5 aromatic rings. The van der Waals surface area contributed by atoms with E-state index < -0.39 is 0 Å². The van der Waals surface area contributed by atoms with Crippen LogP contribution in [0.3, 0.4) is 0 Å². The van der Waals surface area contributed by atoms with E-state index in [0.29, 0.717) is 76.7 Å². The van der Waals surface area contributed by atoms with Crippen molar-refractivity contribution in [2.24, 2.45) is 0 Å². The SMILES string of the molecule is CCOc1cc(CN2CCC(N3CCC(N(c4nc5cccnc5o4)c4nc5ccc(N)nc5o4)CC3)CC2)cc(OCC)c1N. The molecule has 1 aromatic carbocycles. The lowest BCUT2D eigenvalue weighted by molar-refractivity contribution is 0.0843. The van der Waals surface area contributed by atoms with Gasteiger partial charge in [0.1, 0.15) is 34.0 Å². The van der Waals surface area contributed by atoms with E-state index >= 15 is 0 Å². The summed E-state index contributed by atoms with van der Waals surface area (Å²) in [6.45, 7) is 9.89. The second-order valence-electron chi connectivity index (χ2n) is 11.9. The highest BCUT2D eigenvalue weighted by Gasteiger charge is 2.35. The maximum absolute atomic E-state index is 6.29. The number of pyridine rings is 2. The minimum atomic E-state index is 0.0828. The zero-order chi connectivity index (χ0) is 31.6. The molecule has 0 radical (unpaired) electrons. The average Bonchev–Trinajstić information content (AvgIpc) is 3.68. The number of anilines is 4. The number of fused-ring (bicyclic) bond motifs is 2. The molecular weight excluding hydrogens is 586 g/mol. The van der Waals surface area contributed by atoms with E-state index in [1.165, 1.54) is 0 Å². The number of aromatic nitrogens is 4. The largest absolute Gasteiger partial charge is 0.492 e. The van der Waals surface area contributed by atoms with E-state index in [1.54, 1.807) is 12.3 Å². The molecule has 7 rings (SSSR count). The Morgan fingerprint density at radius 1 is 0.826 bits per heavy atom. The fraction of sp³-hybridized carbons (Fsp3) is 0.455. The highest BCUT2D eigenvalue weighted by Crippen LogP contribution is 2.37. The minimum absolute atomic E-state index is 0.0828. The van der Waals surface area contributed by atoms with E-state index in [4.69, 9.17) is 39.7 Å². The first-order chi connectivity index (χ1) is 22.5. The van der Waals surface area contributed by atoms with Crippen molar-refractivity contribution in [3.05, 3.63) is 48.2 Å². The molecule has 2 fully saturated rings. The molecule has 6 heterocycles. The number of hydrogen-bond acceptors (Lipinski definition) is 13. The number of nitrogens with zero attached hydrogens (tertiary/aromatic N) is 7.